The maximum Gasteiger partial charge on any atom is 0.244 e. The lowest BCUT2D eigenvalue weighted by Gasteiger charge is -2.33. The third kappa shape index (κ3) is 8.23. The second kappa shape index (κ2) is 13.1. The first kappa shape index (κ1) is 29.6. The third-order valence-corrected chi connectivity index (χ3v) is 7.72. The summed E-state index contributed by atoms with van der Waals surface area (Å²) in [6.45, 7) is 7.86. The summed E-state index contributed by atoms with van der Waals surface area (Å²) in [6, 6.07) is 11.6. The summed E-state index contributed by atoms with van der Waals surface area (Å²) in [5.74, 6) is 0.188. The first-order valence-corrected chi connectivity index (χ1v) is 14.4. The summed E-state index contributed by atoms with van der Waals surface area (Å²) < 4.78 is 32.6. The first-order valence-electron chi connectivity index (χ1n) is 11.8. The number of nitrogens with zero attached hydrogens (tertiary/aromatic N) is 2. The van der Waals surface area contributed by atoms with Crippen molar-refractivity contribution in [1.29, 1.82) is 0 Å². The van der Waals surface area contributed by atoms with Crippen LogP contribution in [0.2, 0.25) is 0 Å². The van der Waals surface area contributed by atoms with E-state index < -0.39 is 28.5 Å². The van der Waals surface area contributed by atoms with E-state index >= 15 is 0 Å². The Kier molecular flexibility index (Phi) is 10.8. The van der Waals surface area contributed by atoms with Crippen molar-refractivity contribution in [3.05, 3.63) is 58.1 Å². The van der Waals surface area contributed by atoms with Crippen LogP contribution in [0.15, 0.2) is 46.9 Å². The van der Waals surface area contributed by atoms with Gasteiger partial charge in [-0.2, -0.15) is 0 Å². The van der Waals surface area contributed by atoms with Crippen LogP contribution in [-0.2, 0) is 26.2 Å². The van der Waals surface area contributed by atoms with E-state index in [2.05, 4.69) is 21.2 Å². The standard InChI is InChI=1S/C26H36BrN3O5S/c1-7-24(26(32)28-15-18(2)3)29(16-20-8-11-22(35-5)12-9-20)25(31)17-30(36(6,33)34)21-10-13-23(27)19(4)14-21/h8-14,18,24H,7,15-17H2,1-6H3,(H,28,32)/t24-/m0/s1. The zero-order valence-electron chi connectivity index (χ0n) is 21.7. The van der Waals surface area contributed by atoms with Crippen molar-refractivity contribution in [1.82, 2.24) is 10.2 Å². The van der Waals surface area contributed by atoms with Gasteiger partial charge in [0.15, 0.2) is 0 Å². The number of anilines is 1. The van der Waals surface area contributed by atoms with Crippen LogP contribution in [0.5, 0.6) is 5.75 Å². The fourth-order valence-electron chi connectivity index (χ4n) is 3.67. The van der Waals surface area contributed by atoms with Gasteiger partial charge in [0, 0.05) is 17.6 Å². The molecule has 0 aliphatic heterocycles. The molecule has 0 spiro atoms. The normalized spacial score (nSPS) is 12.2. The minimum Gasteiger partial charge on any atom is -0.497 e. The molecule has 0 fully saturated rings. The minimum absolute atomic E-state index is 0.146. The number of sulfonamides is 1. The Morgan fingerprint density at radius 3 is 2.25 bits per heavy atom. The molecule has 0 unspecified atom stereocenters. The van der Waals surface area contributed by atoms with E-state index in [4.69, 9.17) is 4.74 Å². The van der Waals surface area contributed by atoms with Crippen LogP contribution >= 0.6 is 15.9 Å². The highest BCUT2D eigenvalue weighted by atomic mass is 79.9. The van der Waals surface area contributed by atoms with Crippen LogP contribution in [0.25, 0.3) is 0 Å². The second-order valence-electron chi connectivity index (χ2n) is 9.14. The molecule has 0 radical (unpaired) electrons. The summed E-state index contributed by atoms with van der Waals surface area (Å²) in [6.07, 6.45) is 1.44. The van der Waals surface area contributed by atoms with Gasteiger partial charge in [-0.15, -0.1) is 0 Å². The molecule has 2 rings (SSSR count). The number of aryl methyl sites for hydroxylation is 1. The van der Waals surface area contributed by atoms with Crippen molar-refractivity contribution in [2.24, 2.45) is 5.92 Å². The number of benzene rings is 2. The fraction of sp³-hybridized carbons (Fsp3) is 0.462. The van der Waals surface area contributed by atoms with Gasteiger partial charge in [0.05, 0.1) is 19.1 Å². The fourth-order valence-corrected chi connectivity index (χ4v) is 4.76. The van der Waals surface area contributed by atoms with E-state index in [9.17, 15) is 18.0 Å². The number of methoxy groups -OCH3 is 1. The van der Waals surface area contributed by atoms with E-state index in [0.717, 1.165) is 26.2 Å². The van der Waals surface area contributed by atoms with Crippen LogP contribution in [-0.4, -0.2) is 57.6 Å². The number of amides is 2. The summed E-state index contributed by atoms with van der Waals surface area (Å²) in [7, 11) is -2.21. The summed E-state index contributed by atoms with van der Waals surface area (Å²) in [5, 5.41) is 2.91. The quantitative estimate of drug-likeness (QED) is 0.407. The molecule has 0 heterocycles. The van der Waals surface area contributed by atoms with Crippen molar-refractivity contribution >= 4 is 43.5 Å². The van der Waals surface area contributed by atoms with Gasteiger partial charge >= 0.3 is 0 Å². The van der Waals surface area contributed by atoms with Gasteiger partial charge in [-0.3, -0.25) is 13.9 Å². The molecular weight excluding hydrogens is 546 g/mol. The molecule has 36 heavy (non-hydrogen) atoms. The smallest absolute Gasteiger partial charge is 0.244 e. The van der Waals surface area contributed by atoms with E-state index in [1.54, 1.807) is 37.4 Å². The molecule has 2 aromatic carbocycles. The first-order chi connectivity index (χ1) is 16.9. The van der Waals surface area contributed by atoms with E-state index in [1.807, 2.05) is 39.8 Å². The zero-order chi connectivity index (χ0) is 27.0. The molecule has 0 saturated carbocycles. The van der Waals surface area contributed by atoms with Crippen LogP contribution in [0.4, 0.5) is 5.69 Å². The van der Waals surface area contributed by atoms with Gasteiger partial charge in [-0.05, 0) is 60.7 Å². The predicted molar refractivity (Wildman–Crippen MR) is 147 cm³/mol. The molecule has 1 atom stereocenters. The SMILES string of the molecule is CC[C@@H](C(=O)NCC(C)C)N(Cc1ccc(OC)cc1)C(=O)CN(c1ccc(Br)c(C)c1)S(C)(=O)=O. The van der Waals surface area contributed by atoms with Gasteiger partial charge < -0.3 is 15.0 Å². The Morgan fingerprint density at radius 2 is 1.75 bits per heavy atom. The Bertz CT molecular complexity index is 1150. The van der Waals surface area contributed by atoms with Crippen molar-refractivity contribution in [2.45, 2.75) is 46.7 Å². The van der Waals surface area contributed by atoms with Gasteiger partial charge in [-0.1, -0.05) is 48.8 Å². The zero-order valence-corrected chi connectivity index (χ0v) is 24.1. The molecule has 0 bridgehead atoms. The number of carbonyl (C=O) groups is 2. The van der Waals surface area contributed by atoms with Crippen LogP contribution < -0.4 is 14.4 Å². The molecule has 0 aromatic heterocycles. The molecular formula is C26H36BrN3O5S. The molecule has 10 heteroatoms. The molecule has 198 valence electrons. The second-order valence-corrected chi connectivity index (χ2v) is 11.9. The Hall–Kier alpha value is -2.59. The van der Waals surface area contributed by atoms with Crippen molar-refractivity contribution < 1.29 is 22.7 Å². The molecule has 0 aliphatic carbocycles. The summed E-state index contributed by atoms with van der Waals surface area (Å²) >= 11 is 3.42. The number of carbonyl (C=O) groups excluding carboxylic acids is 2. The highest BCUT2D eigenvalue weighted by Crippen LogP contribution is 2.25. The van der Waals surface area contributed by atoms with Crippen molar-refractivity contribution in [3.63, 3.8) is 0 Å². The van der Waals surface area contributed by atoms with E-state index in [1.165, 1.54) is 4.90 Å². The lowest BCUT2D eigenvalue weighted by atomic mass is 10.1. The summed E-state index contributed by atoms with van der Waals surface area (Å²) in [5.41, 5.74) is 2.01. The molecule has 1 N–H and O–H groups in total. The Labute approximate surface area is 223 Å². The number of nitrogens with one attached hydrogen (secondary N) is 1. The monoisotopic (exact) mass is 581 g/mol. The average Bonchev–Trinajstić information content (AvgIpc) is 2.82. The molecule has 0 aliphatic rings. The van der Waals surface area contributed by atoms with Gasteiger partial charge in [0.2, 0.25) is 21.8 Å². The average molecular weight is 583 g/mol. The van der Waals surface area contributed by atoms with Crippen LogP contribution in [0, 0.1) is 12.8 Å². The molecule has 8 nitrogen and oxygen atoms in total. The predicted octanol–water partition coefficient (Wildman–Crippen LogP) is 4.11. The van der Waals surface area contributed by atoms with E-state index in [0.29, 0.717) is 24.4 Å². The topological polar surface area (TPSA) is 96.0 Å². The lowest BCUT2D eigenvalue weighted by molar-refractivity contribution is -0.140. The van der Waals surface area contributed by atoms with Gasteiger partial charge in [-0.25, -0.2) is 8.42 Å². The van der Waals surface area contributed by atoms with E-state index in [-0.39, 0.29) is 18.4 Å². The van der Waals surface area contributed by atoms with Crippen molar-refractivity contribution in [2.75, 3.05) is 30.8 Å². The summed E-state index contributed by atoms with van der Waals surface area (Å²) in [4.78, 5) is 28.2. The largest absolute Gasteiger partial charge is 0.497 e. The van der Waals surface area contributed by atoms with Crippen LogP contribution in [0.1, 0.15) is 38.3 Å². The highest BCUT2D eigenvalue weighted by molar-refractivity contribution is 9.10. The van der Waals surface area contributed by atoms with Gasteiger partial charge in [0.25, 0.3) is 0 Å². The van der Waals surface area contributed by atoms with Crippen LogP contribution in [0.3, 0.4) is 0 Å². The Morgan fingerprint density at radius 1 is 1.11 bits per heavy atom. The Balaban J connectivity index is 2.43. The molecule has 0 saturated heterocycles. The maximum absolute atomic E-state index is 13.7. The number of rotatable bonds is 12. The number of ether oxygens (including phenoxy) is 1. The lowest BCUT2D eigenvalue weighted by Crippen LogP contribution is -2.52. The number of hydrogen-bond donors (Lipinski definition) is 1. The minimum atomic E-state index is -3.78. The maximum atomic E-state index is 13.7. The number of halogens is 1. The number of hydrogen-bond acceptors (Lipinski definition) is 5. The third-order valence-electron chi connectivity index (χ3n) is 5.69. The van der Waals surface area contributed by atoms with Gasteiger partial charge in [0.1, 0.15) is 18.3 Å². The molecule has 2 aromatic rings. The van der Waals surface area contributed by atoms with Crippen molar-refractivity contribution in [3.8, 4) is 5.75 Å². The highest BCUT2D eigenvalue weighted by Gasteiger charge is 2.31. The molecule has 2 amide bonds.